The average Bonchev–Trinajstić information content (AvgIpc) is 2.23. The molecule has 2 unspecified atom stereocenters. The smallest absolute Gasteiger partial charge is 0.0706 e. The van der Waals surface area contributed by atoms with E-state index in [4.69, 9.17) is 17.2 Å². The van der Waals surface area contributed by atoms with E-state index in [0.717, 1.165) is 19.4 Å². The highest BCUT2D eigenvalue weighted by molar-refractivity contribution is 4.90. The van der Waals surface area contributed by atoms with Crippen molar-refractivity contribution in [2.75, 3.05) is 13.2 Å². The molecule has 0 aromatic carbocycles. The van der Waals surface area contributed by atoms with Gasteiger partial charge in [0, 0.05) is 24.8 Å². The molecule has 5 nitrogen and oxygen atoms in total. The molecule has 0 aliphatic rings. The molecular weight excluding hydrogens is 190 g/mol. The topological polar surface area (TPSA) is 102 Å². The summed E-state index contributed by atoms with van der Waals surface area (Å²) in [6.45, 7) is 7.59. The van der Waals surface area contributed by atoms with Crippen LogP contribution in [0.4, 0.5) is 0 Å². The summed E-state index contributed by atoms with van der Waals surface area (Å²) in [5.74, 6) is 0. The summed E-state index contributed by atoms with van der Waals surface area (Å²) in [7, 11) is 0. The van der Waals surface area contributed by atoms with Crippen molar-refractivity contribution in [3.8, 4) is 0 Å². The van der Waals surface area contributed by atoms with E-state index < -0.39 is 0 Å². The molecule has 0 heterocycles. The van der Waals surface area contributed by atoms with Crippen molar-refractivity contribution in [3.63, 3.8) is 0 Å². The molecule has 0 aromatic heterocycles. The standard InChI is InChI=1S/C10H27N5/c1-4-8(14-7-11)6-15-10(3,5-2)9(12)13/h8-9,14-15H,4-7,11-13H2,1-3H3. The Hall–Kier alpha value is -0.200. The van der Waals surface area contributed by atoms with Gasteiger partial charge in [0.25, 0.3) is 0 Å². The lowest BCUT2D eigenvalue weighted by molar-refractivity contribution is 0.269. The van der Waals surface area contributed by atoms with Crippen LogP contribution in [0, 0.1) is 0 Å². The summed E-state index contributed by atoms with van der Waals surface area (Å²) in [5, 5.41) is 6.61. The summed E-state index contributed by atoms with van der Waals surface area (Å²) in [6.07, 6.45) is 1.59. The Balaban J connectivity index is 4.08. The van der Waals surface area contributed by atoms with Crippen molar-refractivity contribution >= 4 is 0 Å². The number of nitrogens with two attached hydrogens (primary N) is 3. The predicted molar refractivity (Wildman–Crippen MR) is 65.1 cm³/mol. The van der Waals surface area contributed by atoms with Crippen LogP contribution in [0.3, 0.4) is 0 Å². The van der Waals surface area contributed by atoms with Crippen LogP contribution < -0.4 is 27.8 Å². The quantitative estimate of drug-likeness (QED) is 0.345. The monoisotopic (exact) mass is 217 g/mol. The molecule has 5 heteroatoms. The maximum atomic E-state index is 5.75. The molecule has 92 valence electrons. The van der Waals surface area contributed by atoms with Crippen molar-refractivity contribution in [2.45, 2.75) is 51.4 Å². The maximum absolute atomic E-state index is 5.75. The number of rotatable bonds is 8. The van der Waals surface area contributed by atoms with Crippen molar-refractivity contribution in [3.05, 3.63) is 0 Å². The van der Waals surface area contributed by atoms with Crippen LogP contribution in [0.1, 0.15) is 33.6 Å². The molecule has 0 radical (unpaired) electrons. The fourth-order valence-electron chi connectivity index (χ4n) is 1.36. The zero-order valence-corrected chi connectivity index (χ0v) is 10.2. The van der Waals surface area contributed by atoms with Gasteiger partial charge in [0.05, 0.1) is 6.17 Å². The van der Waals surface area contributed by atoms with Gasteiger partial charge >= 0.3 is 0 Å². The van der Waals surface area contributed by atoms with E-state index in [-0.39, 0.29) is 11.7 Å². The largest absolute Gasteiger partial charge is 0.318 e. The van der Waals surface area contributed by atoms with Gasteiger partial charge in [-0.2, -0.15) is 0 Å². The zero-order valence-electron chi connectivity index (χ0n) is 10.2. The molecule has 0 amide bonds. The molecule has 0 bridgehead atoms. The minimum atomic E-state index is -0.349. The molecule has 0 fully saturated rings. The Morgan fingerprint density at radius 2 is 1.87 bits per heavy atom. The van der Waals surface area contributed by atoms with Gasteiger partial charge in [-0.1, -0.05) is 13.8 Å². The lowest BCUT2D eigenvalue weighted by atomic mass is 9.95. The third kappa shape index (κ3) is 4.90. The van der Waals surface area contributed by atoms with Crippen LogP contribution in [0.25, 0.3) is 0 Å². The molecule has 15 heavy (non-hydrogen) atoms. The van der Waals surface area contributed by atoms with Gasteiger partial charge in [0.1, 0.15) is 0 Å². The molecule has 0 saturated heterocycles. The first kappa shape index (κ1) is 14.8. The van der Waals surface area contributed by atoms with Crippen LogP contribution in [0.2, 0.25) is 0 Å². The van der Waals surface area contributed by atoms with E-state index in [1.807, 2.05) is 6.92 Å². The highest BCUT2D eigenvalue weighted by atomic mass is 15.1. The fourth-order valence-corrected chi connectivity index (χ4v) is 1.36. The van der Waals surface area contributed by atoms with Crippen LogP contribution in [0.5, 0.6) is 0 Å². The van der Waals surface area contributed by atoms with Gasteiger partial charge in [-0.05, 0) is 19.8 Å². The zero-order chi connectivity index (χ0) is 11.9. The summed E-state index contributed by atoms with van der Waals surface area (Å²) >= 11 is 0. The highest BCUT2D eigenvalue weighted by Crippen LogP contribution is 2.10. The van der Waals surface area contributed by atoms with Gasteiger partial charge in [0.15, 0.2) is 0 Å². The van der Waals surface area contributed by atoms with Gasteiger partial charge in [-0.15, -0.1) is 0 Å². The van der Waals surface area contributed by atoms with E-state index in [1.54, 1.807) is 0 Å². The van der Waals surface area contributed by atoms with Gasteiger partial charge in [0.2, 0.25) is 0 Å². The molecule has 0 aliphatic heterocycles. The minimum Gasteiger partial charge on any atom is -0.318 e. The Morgan fingerprint density at radius 3 is 2.20 bits per heavy atom. The lowest BCUT2D eigenvalue weighted by Crippen LogP contribution is -2.62. The van der Waals surface area contributed by atoms with Crippen LogP contribution in [-0.2, 0) is 0 Å². The Kier molecular flexibility index (Phi) is 7.04. The Labute approximate surface area is 93.1 Å². The third-order valence-corrected chi connectivity index (χ3v) is 3.12. The van der Waals surface area contributed by atoms with E-state index in [9.17, 15) is 0 Å². The predicted octanol–water partition coefficient (Wildman–Crippen LogP) is -0.727. The fraction of sp³-hybridized carbons (Fsp3) is 1.00. The average molecular weight is 217 g/mol. The summed E-state index contributed by atoms with van der Waals surface area (Å²) in [4.78, 5) is 0. The van der Waals surface area contributed by atoms with Gasteiger partial charge in [-0.3, -0.25) is 0 Å². The lowest BCUT2D eigenvalue weighted by Gasteiger charge is -2.35. The Bertz CT molecular complexity index is 162. The minimum absolute atomic E-state index is 0.205. The molecule has 0 aliphatic carbocycles. The molecule has 2 atom stereocenters. The number of nitrogens with one attached hydrogen (secondary N) is 2. The third-order valence-electron chi connectivity index (χ3n) is 3.12. The van der Waals surface area contributed by atoms with E-state index >= 15 is 0 Å². The molecule has 0 saturated carbocycles. The van der Waals surface area contributed by atoms with E-state index in [2.05, 4.69) is 24.5 Å². The first-order valence-electron chi connectivity index (χ1n) is 5.69. The number of hydrogen-bond acceptors (Lipinski definition) is 5. The first-order chi connectivity index (χ1) is 7.00. The van der Waals surface area contributed by atoms with E-state index in [1.165, 1.54) is 0 Å². The second-order valence-electron chi connectivity index (χ2n) is 4.19. The molecule has 8 N–H and O–H groups in total. The number of hydrogen-bond donors (Lipinski definition) is 5. The molecule has 0 spiro atoms. The van der Waals surface area contributed by atoms with Crippen LogP contribution in [-0.4, -0.2) is 31.0 Å². The SMILES string of the molecule is CCC(CNC(C)(CC)C(N)N)NCN. The second-order valence-corrected chi connectivity index (χ2v) is 4.19. The summed E-state index contributed by atoms with van der Waals surface area (Å²) in [6, 6.07) is 0.375. The molecule has 0 rings (SSSR count). The van der Waals surface area contributed by atoms with Crippen molar-refractivity contribution in [2.24, 2.45) is 17.2 Å². The summed E-state index contributed by atoms with van der Waals surface area (Å²) in [5.41, 5.74) is 16.8. The van der Waals surface area contributed by atoms with Gasteiger partial charge in [-0.25, -0.2) is 0 Å². The highest BCUT2D eigenvalue weighted by Gasteiger charge is 2.27. The maximum Gasteiger partial charge on any atom is 0.0706 e. The first-order valence-corrected chi connectivity index (χ1v) is 5.69. The van der Waals surface area contributed by atoms with Gasteiger partial charge < -0.3 is 27.8 Å². The molecule has 0 aromatic rings. The van der Waals surface area contributed by atoms with Crippen molar-refractivity contribution in [1.82, 2.24) is 10.6 Å². The van der Waals surface area contributed by atoms with E-state index in [0.29, 0.717) is 12.7 Å². The van der Waals surface area contributed by atoms with Crippen LogP contribution in [0.15, 0.2) is 0 Å². The summed E-state index contributed by atoms with van der Waals surface area (Å²) < 4.78 is 0. The van der Waals surface area contributed by atoms with Crippen LogP contribution >= 0.6 is 0 Å². The Morgan fingerprint density at radius 1 is 1.27 bits per heavy atom. The second kappa shape index (κ2) is 7.14. The van der Waals surface area contributed by atoms with Crippen molar-refractivity contribution in [1.29, 1.82) is 0 Å². The molecular formula is C10H27N5. The van der Waals surface area contributed by atoms with Crippen molar-refractivity contribution < 1.29 is 0 Å². The normalized spacial score (nSPS) is 17.8.